The Labute approximate surface area is 116 Å². The molecule has 1 aliphatic rings. The van der Waals surface area contributed by atoms with Crippen molar-refractivity contribution in [3.63, 3.8) is 0 Å². The summed E-state index contributed by atoms with van der Waals surface area (Å²) in [6, 6.07) is 4.09. The van der Waals surface area contributed by atoms with E-state index in [-0.39, 0.29) is 11.2 Å². The van der Waals surface area contributed by atoms with Crippen molar-refractivity contribution in [3.05, 3.63) is 24.0 Å². The SMILES string of the molecule is CNc1ccnc(CN2CC(C)(C)OC(C)(C)C2)c1. The molecule has 1 aliphatic heterocycles. The smallest absolute Gasteiger partial charge is 0.0760 e. The van der Waals surface area contributed by atoms with Crippen molar-refractivity contribution in [1.29, 1.82) is 0 Å². The van der Waals surface area contributed by atoms with E-state index in [9.17, 15) is 0 Å². The van der Waals surface area contributed by atoms with Crippen LogP contribution in [0.3, 0.4) is 0 Å². The summed E-state index contributed by atoms with van der Waals surface area (Å²) < 4.78 is 6.10. The first kappa shape index (κ1) is 14.3. The molecule has 1 aromatic rings. The molecule has 1 N–H and O–H groups in total. The average Bonchev–Trinajstić information content (AvgIpc) is 2.24. The van der Waals surface area contributed by atoms with Crippen LogP contribution in [0.25, 0.3) is 0 Å². The van der Waals surface area contributed by atoms with Crippen LogP contribution in [0.5, 0.6) is 0 Å². The summed E-state index contributed by atoms with van der Waals surface area (Å²) in [7, 11) is 1.93. The molecule has 0 radical (unpaired) electrons. The van der Waals surface area contributed by atoms with Crippen LogP contribution in [0, 0.1) is 0 Å². The first-order chi connectivity index (χ1) is 8.80. The van der Waals surface area contributed by atoms with Crippen molar-refractivity contribution in [2.45, 2.75) is 45.4 Å². The summed E-state index contributed by atoms with van der Waals surface area (Å²) in [6.45, 7) is 11.3. The van der Waals surface area contributed by atoms with Crippen LogP contribution in [0.4, 0.5) is 5.69 Å². The number of hydrogen-bond donors (Lipinski definition) is 1. The predicted molar refractivity (Wildman–Crippen MR) is 78.3 cm³/mol. The molecule has 0 saturated carbocycles. The number of ether oxygens (including phenoxy) is 1. The Morgan fingerprint density at radius 1 is 1.26 bits per heavy atom. The first-order valence-electron chi connectivity index (χ1n) is 6.85. The molecular formula is C15H25N3O. The van der Waals surface area contributed by atoms with E-state index in [1.807, 2.05) is 19.3 Å². The van der Waals surface area contributed by atoms with Gasteiger partial charge in [0.05, 0.1) is 16.9 Å². The summed E-state index contributed by atoms with van der Waals surface area (Å²) in [6.07, 6.45) is 1.86. The Balaban J connectivity index is 2.09. The lowest BCUT2D eigenvalue weighted by Crippen LogP contribution is -2.56. The maximum absolute atomic E-state index is 6.10. The average molecular weight is 263 g/mol. The lowest BCUT2D eigenvalue weighted by molar-refractivity contribution is -0.182. The summed E-state index contributed by atoms with van der Waals surface area (Å²) in [5.41, 5.74) is 1.99. The third-order valence-corrected chi connectivity index (χ3v) is 3.25. The number of rotatable bonds is 3. The van der Waals surface area contributed by atoms with Crippen molar-refractivity contribution in [3.8, 4) is 0 Å². The zero-order valence-electron chi connectivity index (χ0n) is 12.7. The van der Waals surface area contributed by atoms with Crippen LogP contribution in [0.1, 0.15) is 33.4 Å². The van der Waals surface area contributed by atoms with Crippen LogP contribution in [0.2, 0.25) is 0 Å². The van der Waals surface area contributed by atoms with E-state index in [4.69, 9.17) is 4.74 Å². The minimum Gasteiger partial charge on any atom is -0.388 e. The minimum absolute atomic E-state index is 0.109. The minimum atomic E-state index is -0.109. The monoisotopic (exact) mass is 263 g/mol. The van der Waals surface area contributed by atoms with Gasteiger partial charge in [0.15, 0.2) is 0 Å². The van der Waals surface area contributed by atoms with Crippen molar-refractivity contribution >= 4 is 5.69 Å². The first-order valence-corrected chi connectivity index (χ1v) is 6.85. The summed E-state index contributed by atoms with van der Waals surface area (Å²) in [5.74, 6) is 0. The van der Waals surface area contributed by atoms with Crippen molar-refractivity contribution < 1.29 is 4.74 Å². The molecule has 2 rings (SSSR count). The predicted octanol–water partition coefficient (Wildman–Crippen LogP) is 2.51. The number of anilines is 1. The van der Waals surface area contributed by atoms with E-state index in [0.717, 1.165) is 31.0 Å². The van der Waals surface area contributed by atoms with Gasteiger partial charge in [-0.1, -0.05) is 0 Å². The van der Waals surface area contributed by atoms with Crippen LogP contribution in [-0.4, -0.2) is 41.2 Å². The molecule has 0 bridgehead atoms. The normalized spacial score (nSPS) is 22.2. The molecule has 4 heteroatoms. The zero-order chi connectivity index (χ0) is 14.1. The van der Waals surface area contributed by atoms with Crippen molar-refractivity contribution in [2.24, 2.45) is 0 Å². The molecule has 0 atom stereocenters. The molecule has 0 unspecified atom stereocenters. The third kappa shape index (κ3) is 3.91. The molecule has 0 spiro atoms. The molecule has 2 heterocycles. The maximum Gasteiger partial charge on any atom is 0.0760 e. The molecule has 0 aliphatic carbocycles. The van der Waals surface area contributed by atoms with E-state index in [0.29, 0.717) is 0 Å². The fourth-order valence-corrected chi connectivity index (χ4v) is 3.01. The molecular weight excluding hydrogens is 238 g/mol. The van der Waals surface area contributed by atoms with Gasteiger partial charge >= 0.3 is 0 Å². The molecule has 1 fully saturated rings. The Morgan fingerprint density at radius 3 is 2.47 bits per heavy atom. The van der Waals surface area contributed by atoms with Gasteiger partial charge in [-0.2, -0.15) is 0 Å². The molecule has 1 aromatic heterocycles. The van der Waals surface area contributed by atoms with Gasteiger partial charge in [0, 0.05) is 38.6 Å². The second-order valence-corrected chi connectivity index (χ2v) is 6.55. The fourth-order valence-electron chi connectivity index (χ4n) is 3.01. The van der Waals surface area contributed by atoms with Crippen LogP contribution >= 0.6 is 0 Å². The van der Waals surface area contributed by atoms with E-state index < -0.39 is 0 Å². The van der Waals surface area contributed by atoms with Gasteiger partial charge in [0.2, 0.25) is 0 Å². The Hall–Kier alpha value is -1.13. The standard InChI is InChI=1S/C15H25N3O/c1-14(2)10-18(11-15(3,4)19-14)9-13-8-12(16-5)6-7-17-13/h6-8H,9-11H2,1-5H3,(H,16,17). The van der Waals surface area contributed by atoms with Gasteiger partial charge in [-0.3, -0.25) is 9.88 Å². The highest BCUT2D eigenvalue weighted by Crippen LogP contribution is 2.28. The number of nitrogens with one attached hydrogen (secondary N) is 1. The van der Waals surface area contributed by atoms with E-state index in [1.54, 1.807) is 0 Å². The lowest BCUT2D eigenvalue weighted by Gasteiger charge is -2.47. The Kier molecular flexibility index (Phi) is 3.83. The molecule has 0 amide bonds. The molecule has 1 saturated heterocycles. The lowest BCUT2D eigenvalue weighted by atomic mass is 9.99. The van der Waals surface area contributed by atoms with Crippen LogP contribution in [-0.2, 0) is 11.3 Å². The number of pyridine rings is 1. The molecule has 19 heavy (non-hydrogen) atoms. The number of aromatic nitrogens is 1. The second-order valence-electron chi connectivity index (χ2n) is 6.55. The topological polar surface area (TPSA) is 37.4 Å². The molecule has 0 aromatic carbocycles. The van der Waals surface area contributed by atoms with Gasteiger partial charge in [0.1, 0.15) is 0 Å². The number of hydrogen-bond acceptors (Lipinski definition) is 4. The Bertz CT molecular complexity index is 427. The summed E-state index contributed by atoms with van der Waals surface area (Å²) in [5, 5.41) is 3.15. The van der Waals surface area contributed by atoms with E-state index in [2.05, 4.69) is 49.0 Å². The number of morpholine rings is 1. The third-order valence-electron chi connectivity index (χ3n) is 3.25. The number of nitrogens with zero attached hydrogens (tertiary/aromatic N) is 2. The molecule has 106 valence electrons. The van der Waals surface area contributed by atoms with Crippen LogP contribution < -0.4 is 5.32 Å². The zero-order valence-corrected chi connectivity index (χ0v) is 12.7. The van der Waals surface area contributed by atoms with Gasteiger partial charge in [-0.15, -0.1) is 0 Å². The van der Waals surface area contributed by atoms with Gasteiger partial charge in [0.25, 0.3) is 0 Å². The van der Waals surface area contributed by atoms with E-state index >= 15 is 0 Å². The van der Waals surface area contributed by atoms with Crippen molar-refractivity contribution in [1.82, 2.24) is 9.88 Å². The van der Waals surface area contributed by atoms with Crippen LogP contribution in [0.15, 0.2) is 18.3 Å². The maximum atomic E-state index is 6.10. The van der Waals surface area contributed by atoms with Gasteiger partial charge in [-0.25, -0.2) is 0 Å². The second kappa shape index (κ2) is 5.10. The highest BCUT2D eigenvalue weighted by atomic mass is 16.5. The van der Waals surface area contributed by atoms with Crippen molar-refractivity contribution in [2.75, 3.05) is 25.5 Å². The summed E-state index contributed by atoms with van der Waals surface area (Å²) >= 11 is 0. The van der Waals surface area contributed by atoms with E-state index in [1.165, 1.54) is 0 Å². The largest absolute Gasteiger partial charge is 0.388 e. The fraction of sp³-hybridized carbons (Fsp3) is 0.667. The summed E-state index contributed by atoms with van der Waals surface area (Å²) in [4.78, 5) is 6.88. The highest BCUT2D eigenvalue weighted by Gasteiger charge is 2.37. The van der Waals surface area contributed by atoms with Gasteiger partial charge in [-0.05, 0) is 39.8 Å². The highest BCUT2D eigenvalue weighted by molar-refractivity contribution is 5.42. The quantitative estimate of drug-likeness (QED) is 0.909. The Morgan fingerprint density at radius 2 is 1.89 bits per heavy atom. The molecule has 4 nitrogen and oxygen atoms in total. The van der Waals surface area contributed by atoms with Gasteiger partial charge < -0.3 is 10.1 Å².